The van der Waals surface area contributed by atoms with Gasteiger partial charge < -0.3 is 9.63 Å². The molecule has 1 aromatic carbocycles. The summed E-state index contributed by atoms with van der Waals surface area (Å²) >= 11 is 0. The van der Waals surface area contributed by atoms with E-state index in [0.717, 1.165) is 10.5 Å². The number of para-hydroxylation sites is 1. The molecule has 4 heterocycles. The van der Waals surface area contributed by atoms with Crippen molar-refractivity contribution >= 4 is 18.0 Å². The fraction of sp³-hybridized carbons (Fsp3) is 0.294. The predicted octanol–water partition coefficient (Wildman–Crippen LogP) is 1.73. The Kier molecular flexibility index (Phi) is 3.20. The van der Waals surface area contributed by atoms with E-state index in [0.29, 0.717) is 11.5 Å². The van der Waals surface area contributed by atoms with Crippen LogP contribution in [0.3, 0.4) is 0 Å². The Labute approximate surface area is 159 Å². The number of halogens is 1. The van der Waals surface area contributed by atoms with E-state index < -0.39 is 18.2 Å². The van der Waals surface area contributed by atoms with Crippen LogP contribution in [0.5, 0.6) is 0 Å². The summed E-state index contributed by atoms with van der Waals surface area (Å²) in [6.07, 6.45) is 2.59. The molecule has 2 atom stereocenters. The molecular formula is C17H15FN8O2. The van der Waals surface area contributed by atoms with Gasteiger partial charge in [0.15, 0.2) is 18.2 Å². The Balaban J connectivity index is 1.62. The predicted molar refractivity (Wildman–Crippen MR) is 94.4 cm³/mol. The molecule has 28 heavy (non-hydrogen) atoms. The first kappa shape index (κ1) is 16.5. The highest BCUT2D eigenvalue weighted by Gasteiger charge is 2.49. The van der Waals surface area contributed by atoms with Crippen molar-refractivity contribution in [2.24, 2.45) is 4.99 Å². The number of fused-ring (bicyclic) bond motifs is 6. The molecule has 0 radical (unpaired) electrons. The maximum absolute atomic E-state index is 15.0. The second kappa shape index (κ2) is 5.43. The number of hydrogen-bond donors (Lipinski definition) is 1. The molecule has 142 valence electrons. The van der Waals surface area contributed by atoms with E-state index in [1.165, 1.54) is 36.3 Å². The van der Waals surface area contributed by atoms with Gasteiger partial charge in [0.25, 0.3) is 18.3 Å². The van der Waals surface area contributed by atoms with E-state index in [4.69, 9.17) is 4.52 Å². The van der Waals surface area contributed by atoms with Crippen molar-refractivity contribution in [3.63, 3.8) is 0 Å². The second-order valence-corrected chi connectivity index (χ2v) is 7.02. The molecule has 3 aliphatic heterocycles. The molecule has 11 heteroatoms. The van der Waals surface area contributed by atoms with E-state index in [1.54, 1.807) is 17.1 Å². The lowest BCUT2D eigenvalue weighted by Crippen LogP contribution is -2.49. The molecule has 0 aliphatic carbocycles. The first-order valence-corrected chi connectivity index (χ1v) is 8.50. The van der Waals surface area contributed by atoms with Crippen LogP contribution in [0.4, 0.5) is 16.0 Å². The first-order valence-electron chi connectivity index (χ1n) is 8.50. The smallest absolute Gasteiger partial charge is 0.290 e. The van der Waals surface area contributed by atoms with Crippen LogP contribution in [0.25, 0.3) is 0 Å². The number of anilines is 2. The molecule has 2 aromatic rings. The average molecular weight is 382 g/mol. The fourth-order valence-electron chi connectivity index (χ4n) is 3.41. The van der Waals surface area contributed by atoms with Gasteiger partial charge in [-0.1, -0.05) is 18.2 Å². The van der Waals surface area contributed by atoms with Gasteiger partial charge >= 0.3 is 0 Å². The van der Waals surface area contributed by atoms with Crippen LogP contribution in [0.2, 0.25) is 0 Å². The van der Waals surface area contributed by atoms with E-state index in [-0.39, 0.29) is 11.8 Å². The quantitative estimate of drug-likeness (QED) is 0.613. The van der Waals surface area contributed by atoms with Crippen molar-refractivity contribution in [1.82, 2.24) is 20.0 Å². The number of aromatic nitrogens is 2. The zero-order chi connectivity index (χ0) is 19.6. The molecule has 2 unspecified atom stereocenters. The number of hydrogen-bond acceptors (Lipinski definition) is 10. The second-order valence-electron chi connectivity index (χ2n) is 7.02. The molecule has 3 aliphatic rings. The standard InChI is InChI=1S/C17H15FN8O2/c1-17(2,27)14-21-16(22-28-14)24-9-20-13-10-5-3-4-6-11(10)25-12(26(13)24)7-23(8-19)15(25)18/h3-7,9,13,15,27H,1-2H3. The number of alkyl halides is 1. The summed E-state index contributed by atoms with van der Waals surface area (Å²) in [6.45, 7) is 3.06. The van der Waals surface area contributed by atoms with Gasteiger partial charge in [-0.25, -0.2) is 19.9 Å². The summed E-state index contributed by atoms with van der Waals surface area (Å²) in [5.74, 6) is 0.579. The largest absolute Gasteiger partial charge is 0.381 e. The molecule has 0 saturated carbocycles. The van der Waals surface area contributed by atoms with Gasteiger partial charge in [-0.3, -0.25) is 4.90 Å². The van der Waals surface area contributed by atoms with E-state index in [2.05, 4.69) is 15.1 Å². The third-order valence-electron chi connectivity index (χ3n) is 4.69. The van der Waals surface area contributed by atoms with Crippen LogP contribution in [0, 0.1) is 11.5 Å². The Morgan fingerprint density at radius 1 is 1.32 bits per heavy atom. The number of hydrazine groups is 1. The number of rotatable bonds is 2. The zero-order valence-corrected chi connectivity index (χ0v) is 14.9. The Hall–Kier alpha value is -3.65. The molecule has 1 N–H and O–H groups in total. The summed E-state index contributed by atoms with van der Waals surface area (Å²) < 4.78 is 20.1. The molecule has 1 aromatic heterocycles. The van der Waals surface area contributed by atoms with Crippen molar-refractivity contribution in [3.8, 4) is 6.19 Å². The maximum atomic E-state index is 15.0. The van der Waals surface area contributed by atoms with Gasteiger partial charge in [0.2, 0.25) is 0 Å². The topological polar surface area (TPSA) is 108 Å². The van der Waals surface area contributed by atoms with Gasteiger partial charge in [0.05, 0.1) is 11.9 Å². The summed E-state index contributed by atoms with van der Waals surface area (Å²) in [4.78, 5) is 11.1. The zero-order valence-electron chi connectivity index (χ0n) is 14.9. The van der Waals surface area contributed by atoms with Crippen LogP contribution in [0.1, 0.15) is 31.5 Å². The first-order chi connectivity index (χ1) is 13.4. The molecule has 0 fully saturated rings. The van der Waals surface area contributed by atoms with Crippen molar-refractivity contribution in [1.29, 1.82) is 5.26 Å². The van der Waals surface area contributed by atoms with Crippen LogP contribution in [0.15, 0.2) is 45.8 Å². The Bertz CT molecular complexity index is 1050. The van der Waals surface area contributed by atoms with E-state index in [9.17, 15) is 14.8 Å². The highest BCUT2D eigenvalue weighted by molar-refractivity contribution is 5.80. The minimum absolute atomic E-state index is 0.0380. The van der Waals surface area contributed by atoms with E-state index in [1.807, 2.05) is 18.3 Å². The average Bonchev–Trinajstić information content (AvgIpc) is 3.37. The molecule has 0 spiro atoms. The highest BCUT2D eigenvalue weighted by Crippen LogP contribution is 2.48. The van der Waals surface area contributed by atoms with Crippen molar-refractivity contribution in [2.45, 2.75) is 32.0 Å². The van der Waals surface area contributed by atoms with Crippen LogP contribution < -0.4 is 9.91 Å². The number of nitrogens with zero attached hydrogens (tertiary/aromatic N) is 8. The lowest BCUT2D eigenvalue weighted by molar-refractivity contribution is 0.0420. The van der Waals surface area contributed by atoms with Crippen LogP contribution in [-0.2, 0) is 5.60 Å². The molecule has 5 rings (SSSR count). The number of aliphatic hydroxyl groups is 1. The van der Waals surface area contributed by atoms with Gasteiger partial charge in [-0.15, -0.1) is 0 Å². The summed E-state index contributed by atoms with van der Waals surface area (Å²) in [6, 6.07) is 7.28. The van der Waals surface area contributed by atoms with Crippen LogP contribution >= 0.6 is 0 Å². The molecule has 0 bridgehead atoms. The summed E-state index contributed by atoms with van der Waals surface area (Å²) in [5.41, 5.74) is 0.0904. The maximum Gasteiger partial charge on any atom is 0.290 e. The Morgan fingerprint density at radius 3 is 2.82 bits per heavy atom. The fourth-order valence-corrected chi connectivity index (χ4v) is 3.41. The lowest BCUT2D eigenvalue weighted by Gasteiger charge is -2.42. The van der Waals surface area contributed by atoms with Gasteiger partial charge in [0.1, 0.15) is 11.9 Å². The van der Waals surface area contributed by atoms with Crippen molar-refractivity contribution < 1.29 is 14.0 Å². The number of aliphatic imine (C=N–C) groups is 1. The van der Waals surface area contributed by atoms with Crippen molar-refractivity contribution in [2.75, 3.05) is 9.91 Å². The minimum atomic E-state index is -1.68. The van der Waals surface area contributed by atoms with Gasteiger partial charge in [0, 0.05) is 5.56 Å². The Morgan fingerprint density at radius 2 is 2.11 bits per heavy atom. The van der Waals surface area contributed by atoms with E-state index >= 15 is 0 Å². The highest BCUT2D eigenvalue weighted by atomic mass is 19.1. The lowest BCUT2D eigenvalue weighted by atomic mass is 10.1. The van der Waals surface area contributed by atoms with Crippen LogP contribution in [-0.4, -0.2) is 37.9 Å². The third kappa shape index (κ3) is 2.12. The molecular weight excluding hydrogens is 367 g/mol. The normalized spacial score (nSPS) is 22.8. The van der Waals surface area contributed by atoms with Gasteiger partial charge in [-0.05, 0) is 25.1 Å². The molecule has 0 amide bonds. The summed E-state index contributed by atoms with van der Waals surface area (Å²) in [7, 11) is 0. The van der Waals surface area contributed by atoms with Gasteiger partial charge in [-0.2, -0.15) is 14.6 Å². The minimum Gasteiger partial charge on any atom is -0.381 e. The monoisotopic (exact) mass is 382 g/mol. The molecule has 0 saturated heterocycles. The number of benzene rings is 1. The SMILES string of the molecule is CC(C)(O)c1nc(N2C=NC3c4ccccc4N4C(=CN(C#N)C4F)N32)no1. The molecule has 10 nitrogen and oxygen atoms in total. The van der Waals surface area contributed by atoms with Crippen molar-refractivity contribution in [3.05, 3.63) is 47.7 Å². The third-order valence-corrected chi connectivity index (χ3v) is 4.69. The summed E-state index contributed by atoms with van der Waals surface area (Å²) in [5, 5.41) is 26.5. The number of nitriles is 1.